The van der Waals surface area contributed by atoms with Crippen molar-refractivity contribution in [2.45, 2.75) is 0 Å². The van der Waals surface area contributed by atoms with Gasteiger partial charge in [-0.2, -0.15) is 5.01 Å². The van der Waals surface area contributed by atoms with Crippen molar-refractivity contribution in [3.05, 3.63) is 0 Å². The Hall–Kier alpha value is -1.26. The van der Waals surface area contributed by atoms with E-state index < -0.39 is 6.03 Å². The molecule has 1 aliphatic rings. The van der Waals surface area contributed by atoms with Gasteiger partial charge in [-0.3, -0.25) is 0 Å². The van der Waals surface area contributed by atoms with Crippen LogP contribution in [0.2, 0.25) is 0 Å². The highest BCUT2D eigenvalue weighted by atomic mass is 16.5. The molecule has 0 saturated heterocycles. The number of hydrogen-bond acceptors (Lipinski definition) is 3. The Morgan fingerprint density at radius 1 is 2.00 bits per heavy atom. The topological polar surface area (TPSA) is 67.9 Å². The minimum atomic E-state index is -0.598. The monoisotopic (exact) mass is 115 g/mol. The third-order valence-corrected chi connectivity index (χ3v) is 0.712. The van der Waals surface area contributed by atoms with Crippen molar-refractivity contribution in [2.75, 3.05) is 6.73 Å². The molecule has 0 atom stereocenters. The summed E-state index contributed by atoms with van der Waals surface area (Å²) in [6.45, 7) is 0.134. The zero-order chi connectivity index (χ0) is 5.98. The predicted octanol–water partition coefficient (Wildman–Crippen LogP) is -0.702. The summed E-state index contributed by atoms with van der Waals surface area (Å²) in [7, 11) is 0. The number of carbonyl (C=O) groups excluding carboxylic acids is 1. The zero-order valence-corrected chi connectivity index (χ0v) is 4.07. The SMILES string of the molecule is NC(=O)N1COC=N1. The molecule has 8 heavy (non-hydrogen) atoms. The fraction of sp³-hybridized carbons (Fsp3) is 0.333. The molecule has 1 rings (SSSR count). The normalized spacial score (nSPS) is 16.2. The number of rotatable bonds is 0. The van der Waals surface area contributed by atoms with E-state index in [1.54, 1.807) is 0 Å². The molecule has 2 amide bonds. The lowest BCUT2D eigenvalue weighted by atomic mass is 11.0. The Kier molecular flexibility index (Phi) is 1.03. The molecule has 1 heterocycles. The van der Waals surface area contributed by atoms with Crippen LogP contribution >= 0.6 is 0 Å². The van der Waals surface area contributed by atoms with Gasteiger partial charge in [-0.15, -0.1) is 5.10 Å². The van der Waals surface area contributed by atoms with Crippen LogP contribution in [-0.2, 0) is 4.74 Å². The highest BCUT2D eigenvalue weighted by Crippen LogP contribution is 1.93. The average molecular weight is 115 g/mol. The van der Waals surface area contributed by atoms with Crippen molar-refractivity contribution >= 4 is 12.4 Å². The van der Waals surface area contributed by atoms with E-state index in [-0.39, 0.29) is 6.73 Å². The van der Waals surface area contributed by atoms with Crippen LogP contribution in [0.4, 0.5) is 4.79 Å². The van der Waals surface area contributed by atoms with E-state index in [9.17, 15) is 4.79 Å². The molecule has 0 unspecified atom stereocenters. The molecule has 5 heteroatoms. The van der Waals surface area contributed by atoms with Crippen molar-refractivity contribution < 1.29 is 9.53 Å². The second-order valence-corrected chi connectivity index (χ2v) is 1.25. The quantitative estimate of drug-likeness (QED) is 0.453. The van der Waals surface area contributed by atoms with Crippen LogP contribution in [0.1, 0.15) is 0 Å². The molecule has 0 radical (unpaired) electrons. The Bertz CT molecular complexity index is 132. The molecule has 0 aromatic heterocycles. The minimum absolute atomic E-state index is 0.134. The maximum absolute atomic E-state index is 10.2. The van der Waals surface area contributed by atoms with Crippen LogP contribution in [-0.4, -0.2) is 24.2 Å². The molecule has 0 fully saturated rings. The van der Waals surface area contributed by atoms with Crippen LogP contribution < -0.4 is 5.73 Å². The molecule has 0 bridgehead atoms. The van der Waals surface area contributed by atoms with Gasteiger partial charge in [0, 0.05) is 0 Å². The van der Waals surface area contributed by atoms with Gasteiger partial charge < -0.3 is 10.5 Å². The fourth-order valence-electron chi connectivity index (χ4n) is 0.348. The molecule has 5 nitrogen and oxygen atoms in total. The summed E-state index contributed by atoms with van der Waals surface area (Å²) in [4.78, 5) is 10.2. The van der Waals surface area contributed by atoms with E-state index in [2.05, 4.69) is 9.84 Å². The smallest absolute Gasteiger partial charge is 0.338 e. The number of carbonyl (C=O) groups is 1. The van der Waals surface area contributed by atoms with Gasteiger partial charge >= 0.3 is 6.03 Å². The Labute approximate surface area is 45.7 Å². The van der Waals surface area contributed by atoms with Crippen LogP contribution in [0.3, 0.4) is 0 Å². The Morgan fingerprint density at radius 2 is 2.75 bits per heavy atom. The van der Waals surface area contributed by atoms with Gasteiger partial charge in [-0.05, 0) is 0 Å². The molecule has 0 aromatic rings. The van der Waals surface area contributed by atoms with Gasteiger partial charge in [-0.25, -0.2) is 4.79 Å². The second kappa shape index (κ2) is 1.69. The van der Waals surface area contributed by atoms with Crippen molar-refractivity contribution in [1.29, 1.82) is 0 Å². The van der Waals surface area contributed by atoms with Crippen LogP contribution in [0.5, 0.6) is 0 Å². The highest BCUT2D eigenvalue weighted by molar-refractivity contribution is 5.73. The summed E-state index contributed by atoms with van der Waals surface area (Å²) in [5.41, 5.74) is 4.79. The van der Waals surface area contributed by atoms with Crippen molar-refractivity contribution in [1.82, 2.24) is 5.01 Å². The molecule has 44 valence electrons. The second-order valence-electron chi connectivity index (χ2n) is 1.25. The van der Waals surface area contributed by atoms with Crippen LogP contribution in [0, 0.1) is 0 Å². The van der Waals surface area contributed by atoms with E-state index in [0.717, 1.165) is 5.01 Å². The van der Waals surface area contributed by atoms with E-state index in [1.165, 1.54) is 6.40 Å². The van der Waals surface area contributed by atoms with Crippen LogP contribution in [0.25, 0.3) is 0 Å². The van der Waals surface area contributed by atoms with Gasteiger partial charge in [0.1, 0.15) is 0 Å². The van der Waals surface area contributed by atoms with Crippen molar-refractivity contribution in [2.24, 2.45) is 10.8 Å². The van der Waals surface area contributed by atoms with Crippen molar-refractivity contribution in [3.63, 3.8) is 0 Å². The highest BCUT2D eigenvalue weighted by Gasteiger charge is 2.10. The lowest BCUT2D eigenvalue weighted by Crippen LogP contribution is -2.29. The predicted molar refractivity (Wildman–Crippen MR) is 25.9 cm³/mol. The number of nitrogens with zero attached hydrogens (tertiary/aromatic N) is 2. The number of urea groups is 1. The summed E-state index contributed by atoms with van der Waals surface area (Å²) >= 11 is 0. The Balaban J connectivity index is 2.48. The molecule has 0 spiro atoms. The summed E-state index contributed by atoms with van der Waals surface area (Å²) in [5, 5.41) is 4.46. The average Bonchev–Trinajstić information content (AvgIpc) is 2.12. The van der Waals surface area contributed by atoms with E-state index >= 15 is 0 Å². The first-order chi connectivity index (χ1) is 3.80. The summed E-state index contributed by atoms with van der Waals surface area (Å²) in [6, 6.07) is -0.598. The van der Waals surface area contributed by atoms with E-state index in [1.807, 2.05) is 0 Å². The van der Waals surface area contributed by atoms with Crippen molar-refractivity contribution in [3.8, 4) is 0 Å². The Morgan fingerprint density at radius 3 is 3.00 bits per heavy atom. The summed E-state index contributed by atoms with van der Waals surface area (Å²) < 4.78 is 4.55. The van der Waals surface area contributed by atoms with Crippen LogP contribution in [0.15, 0.2) is 5.10 Å². The summed E-state index contributed by atoms with van der Waals surface area (Å²) in [5.74, 6) is 0. The van der Waals surface area contributed by atoms with E-state index in [0.29, 0.717) is 0 Å². The number of ether oxygens (including phenoxy) is 1. The largest absolute Gasteiger partial charge is 0.459 e. The third kappa shape index (κ3) is 0.699. The van der Waals surface area contributed by atoms with Gasteiger partial charge in [0.05, 0.1) is 0 Å². The molecular formula is C3H5N3O2. The number of hydrazone groups is 1. The molecular weight excluding hydrogens is 110 g/mol. The zero-order valence-electron chi connectivity index (χ0n) is 4.07. The van der Waals surface area contributed by atoms with E-state index in [4.69, 9.17) is 5.73 Å². The first-order valence-corrected chi connectivity index (χ1v) is 2.02. The first-order valence-electron chi connectivity index (χ1n) is 2.02. The first kappa shape index (κ1) is 4.89. The maximum atomic E-state index is 10.2. The standard InChI is InChI=1S/C3H5N3O2/c4-3(7)6-2-8-1-5-6/h1H,2H2,(H2,4,7). The number of primary amides is 1. The third-order valence-electron chi connectivity index (χ3n) is 0.712. The summed E-state index contributed by atoms with van der Waals surface area (Å²) in [6.07, 6.45) is 1.17. The molecule has 0 saturated carbocycles. The van der Waals surface area contributed by atoms with Gasteiger partial charge in [0.25, 0.3) is 0 Å². The molecule has 0 aromatic carbocycles. The maximum Gasteiger partial charge on any atom is 0.338 e. The van der Waals surface area contributed by atoms with Gasteiger partial charge in [-0.1, -0.05) is 0 Å². The number of hydrogen-bond donors (Lipinski definition) is 1. The number of amides is 2. The molecule has 1 aliphatic heterocycles. The lowest BCUT2D eigenvalue weighted by Gasteiger charge is -2.02. The minimum Gasteiger partial charge on any atom is -0.459 e. The molecule has 0 aliphatic carbocycles. The lowest BCUT2D eigenvalue weighted by molar-refractivity contribution is 0.172. The van der Waals surface area contributed by atoms with Gasteiger partial charge in [0.15, 0.2) is 13.1 Å². The number of nitrogens with two attached hydrogens (primary N) is 1. The fourth-order valence-corrected chi connectivity index (χ4v) is 0.348. The van der Waals surface area contributed by atoms with Gasteiger partial charge in [0.2, 0.25) is 0 Å². The molecule has 2 N–H and O–H groups in total.